The Morgan fingerprint density at radius 1 is 0.629 bits per heavy atom. The molecule has 0 saturated carbocycles. The molecule has 0 aliphatic carbocycles. The molecule has 0 amide bonds. The molecule has 4 aromatic rings. The lowest BCUT2D eigenvalue weighted by atomic mass is 10.2. The fraction of sp³-hybridized carbons (Fsp3) is 0.130. The van der Waals surface area contributed by atoms with E-state index in [0.717, 1.165) is 0 Å². The molecule has 1 atom stereocenters. The van der Waals surface area contributed by atoms with Crippen LogP contribution in [0.1, 0.15) is 12.8 Å². The molecule has 12 nitrogen and oxygen atoms in total. The van der Waals surface area contributed by atoms with E-state index in [1.807, 2.05) is 0 Å². The molecule has 0 heterocycles. The van der Waals surface area contributed by atoms with E-state index in [2.05, 4.69) is 0 Å². The summed E-state index contributed by atoms with van der Waals surface area (Å²) in [5, 5.41) is 17.2. The van der Waals surface area contributed by atoms with Gasteiger partial charge in [0.25, 0.3) is 10.9 Å². The summed E-state index contributed by atoms with van der Waals surface area (Å²) in [4.78, 5) is 85.7. The maximum Gasteiger partial charge on any atom is 0.320 e. The van der Waals surface area contributed by atoms with E-state index in [4.69, 9.17) is 15.9 Å². The summed E-state index contributed by atoms with van der Waals surface area (Å²) >= 11 is 0. The van der Waals surface area contributed by atoms with Crippen LogP contribution in [0, 0.1) is 0 Å². The summed E-state index contributed by atoms with van der Waals surface area (Å²) in [5.41, 5.74) is 0.423. The second kappa shape index (κ2) is 12.0. The number of carboxylic acid groups (broad SMARTS) is 2. The van der Waals surface area contributed by atoms with Gasteiger partial charge in [-0.15, -0.1) is 0 Å². The third-order valence-corrected chi connectivity index (χ3v) is 4.64. The maximum atomic E-state index is 11.0. The van der Waals surface area contributed by atoms with Gasteiger partial charge in [-0.3, -0.25) is 38.4 Å². The molecule has 0 saturated heterocycles. The molecular formula is C23H19NO11. The lowest BCUT2D eigenvalue weighted by molar-refractivity contribution is -0.139. The first kappa shape index (κ1) is 28.4. The molecule has 0 aliphatic rings. The first-order valence-corrected chi connectivity index (χ1v) is 9.62. The monoisotopic (exact) mass is 485 g/mol. The first-order chi connectivity index (χ1) is 16.0. The minimum absolute atomic E-state index is 0. The Hall–Kier alpha value is -4.68. The molecule has 0 radical (unpaired) electrons. The lowest BCUT2D eigenvalue weighted by Crippen LogP contribution is -2.30. The first-order valence-electron chi connectivity index (χ1n) is 9.62. The summed E-state index contributed by atoms with van der Waals surface area (Å²) in [7, 11) is 0. The standard InChI is InChI=1S/2C9H4O3.C5H9NO4.H2O/c2*10-7-5-3-1-2-4-6(5)8(11)9(7)12;6-3(5(9)10)1-2-4(7)8;/h2*1-4H;3H,1-2,6H2,(H,7,8)(H,9,10);1H2/t;;3-;/m..0./s1. The number of fused-ring (bicyclic) bond motifs is 2. The smallest absolute Gasteiger partial charge is 0.320 e. The minimum Gasteiger partial charge on any atom is -0.481 e. The number of aliphatic carboxylic acids is 2. The van der Waals surface area contributed by atoms with E-state index in [1.165, 1.54) is 24.3 Å². The fourth-order valence-corrected chi connectivity index (χ4v) is 2.86. The van der Waals surface area contributed by atoms with Crippen LogP contribution in [0.5, 0.6) is 0 Å². The third kappa shape index (κ3) is 6.43. The Kier molecular flexibility index (Phi) is 9.70. The van der Waals surface area contributed by atoms with Gasteiger partial charge in [0, 0.05) is 28.0 Å². The molecule has 0 fully saturated rings. The number of nitrogens with two attached hydrogens (primary N) is 1. The van der Waals surface area contributed by atoms with Gasteiger partial charge in [0.2, 0.25) is 21.7 Å². The fourth-order valence-electron chi connectivity index (χ4n) is 2.86. The van der Waals surface area contributed by atoms with E-state index in [9.17, 15) is 38.4 Å². The molecule has 0 spiro atoms. The molecule has 0 unspecified atom stereocenters. The van der Waals surface area contributed by atoms with E-state index < -0.39 is 50.6 Å². The van der Waals surface area contributed by atoms with Crippen molar-refractivity contribution in [1.29, 1.82) is 0 Å². The number of hydrogen-bond donors (Lipinski definition) is 3. The third-order valence-electron chi connectivity index (χ3n) is 4.64. The zero-order valence-electron chi connectivity index (χ0n) is 17.8. The topological polar surface area (TPSA) is 235 Å². The van der Waals surface area contributed by atoms with Crippen molar-refractivity contribution in [3.8, 4) is 0 Å². The van der Waals surface area contributed by atoms with E-state index >= 15 is 0 Å². The van der Waals surface area contributed by atoms with Crippen molar-refractivity contribution >= 4 is 33.5 Å². The van der Waals surface area contributed by atoms with Gasteiger partial charge in [-0.1, -0.05) is 48.5 Å². The molecule has 4 aromatic carbocycles. The lowest BCUT2D eigenvalue weighted by Gasteiger charge is -2.01. The summed E-state index contributed by atoms with van der Waals surface area (Å²) < 4.78 is 0. The minimum atomic E-state index is -1.17. The maximum absolute atomic E-state index is 11.0. The molecule has 0 aromatic heterocycles. The van der Waals surface area contributed by atoms with E-state index in [0.29, 0.717) is 0 Å². The van der Waals surface area contributed by atoms with Crippen LogP contribution in [0.4, 0.5) is 0 Å². The summed E-state index contributed by atoms with van der Waals surface area (Å²) in [6.45, 7) is 0. The molecule has 0 aliphatic heterocycles. The molecule has 4 rings (SSSR count). The quantitative estimate of drug-likeness (QED) is 0.268. The van der Waals surface area contributed by atoms with Crippen LogP contribution in [-0.4, -0.2) is 33.7 Å². The van der Waals surface area contributed by atoms with Crippen molar-refractivity contribution in [2.24, 2.45) is 5.73 Å². The predicted molar refractivity (Wildman–Crippen MR) is 126 cm³/mol. The highest BCUT2D eigenvalue weighted by molar-refractivity contribution is 5.84. The van der Waals surface area contributed by atoms with Gasteiger partial charge < -0.3 is 21.4 Å². The van der Waals surface area contributed by atoms with Crippen LogP contribution < -0.4 is 38.3 Å². The molecular weight excluding hydrogens is 466 g/mol. The average Bonchev–Trinajstić information content (AvgIpc) is 3.18. The highest BCUT2D eigenvalue weighted by atomic mass is 16.4. The second-order valence-corrected chi connectivity index (χ2v) is 6.94. The van der Waals surface area contributed by atoms with Gasteiger partial charge in [-0.25, -0.2) is 0 Å². The van der Waals surface area contributed by atoms with Crippen molar-refractivity contribution in [1.82, 2.24) is 0 Å². The van der Waals surface area contributed by atoms with Gasteiger partial charge in [0.05, 0.1) is 0 Å². The number of carboxylic acids is 2. The van der Waals surface area contributed by atoms with Crippen molar-refractivity contribution in [2.45, 2.75) is 18.9 Å². The van der Waals surface area contributed by atoms with Gasteiger partial charge in [0.15, 0.2) is 0 Å². The Morgan fingerprint density at radius 2 is 0.914 bits per heavy atom. The van der Waals surface area contributed by atoms with Crippen LogP contribution in [0.25, 0.3) is 21.5 Å². The second-order valence-electron chi connectivity index (χ2n) is 6.94. The highest BCUT2D eigenvalue weighted by Crippen LogP contribution is 2.02. The van der Waals surface area contributed by atoms with Crippen LogP contribution >= 0.6 is 0 Å². The van der Waals surface area contributed by atoms with E-state index in [-0.39, 0.29) is 39.9 Å². The summed E-state index contributed by atoms with van der Waals surface area (Å²) in [6, 6.07) is 11.4. The van der Waals surface area contributed by atoms with Gasteiger partial charge in [0.1, 0.15) is 6.04 Å². The molecule has 0 bridgehead atoms. The summed E-state index contributed by atoms with van der Waals surface area (Å²) in [6.07, 6.45) is -0.224. The Morgan fingerprint density at radius 3 is 1.14 bits per heavy atom. The highest BCUT2D eigenvalue weighted by Gasteiger charge is 2.12. The average molecular weight is 485 g/mol. The number of hydrogen-bond acceptors (Lipinski definition) is 9. The van der Waals surface area contributed by atoms with Crippen LogP contribution in [0.15, 0.2) is 77.3 Å². The molecule has 6 N–H and O–H groups in total. The Bertz CT molecular complexity index is 1450. The summed E-state index contributed by atoms with van der Waals surface area (Å²) in [5.74, 6) is -2.20. The zero-order valence-corrected chi connectivity index (χ0v) is 17.8. The molecule has 182 valence electrons. The number of rotatable bonds is 4. The molecule has 12 heteroatoms. The van der Waals surface area contributed by atoms with Crippen molar-refractivity contribution in [2.75, 3.05) is 0 Å². The predicted octanol–water partition coefficient (Wildman–Crippen LogP) is -1.97. The largest absolute Gasteiger partial charge is 0.481 e. The van der Waals surface area contributed by atoms with Gasteiger partial charge in [-0.2, -0.15) is 0 Å². The SMILES string of the molecule is N[C@@H](CCC(=O)O)C(=O)O.O.O=c1c(=O)c2ccccc2c1=O.O=c1c(=O)c2ccccc2c1=O. The van der Waals surface area contributed by atoms with Gasteiger partial charge >= 0.3 is 11.9 Å². The van der Waals surface area contributed by atoms with Crippen molar-refractivity contribution in [3.05, 3.63) is 110 Å². The van der Waals surface area contributed by atoms with Crippen LogP contribution in [-0.2, 0) is 9.59 Å². The van der Waals surface area contributed by atoms with Crippen molar-refractivity contribution in [3.63, 3.8) is 0 Å². The van der Waals surface area contributed by atoms with Crippen LogP contribution in [0.3, 0.4) is 0 Å². The zero-order chi connectivity index (χ0) is 25.6. The molecule has 35 heavy (non-hydrogen) atoms. The van der Waals surface area contributed by atoms with Gasteiger partial charge in [-0.05, 0) is 6.42 Å². The van der Waals surface area contributed by atoms with E-state index in [1.54, 1.807) is 24.3 Å². The Labute approximate surface area is 193 Å². The van der Waals surface area contributed by atoms with Crippen molar-refractivity contribution < 1.29 is 25.3 Å². The number of benzene rings is 2. The number of carbonyl (C=O) groups is 2. The normalized spacial score (nSPS) is 10.9. The van der Waals surface area contributed by atoms with Crippen LogP contribution in [0.2, 0.25) is 0 Å². The Balaban J connectivity index is 0.000000261.